The highest BCUT2D eigenvalue weighted by molar-refractivity contribution is 7.89. The number of benzene rings is 1. The number of likely N-dealkylation sites (tertiary alicyclic amines) is 1. The number of nitrogens with zero attached hydrogens (tertiary/aromatic N) is 2. The minimum Gasteiger partial charge on any atom is -0.349 e. The van der Waals surface area contributed by atoms with Gasteiger partial charge in [-0.1, -0.05) is 78.6 Å². The van der Waals surface area contributed by atoms with E-state index in [2.05, 4.69) is 21.3 Å². The van der Waals surface area contributed by atoms with E-state index in [1.807, 2.05) is 65.8 Å². The van der Waals surface area contributed by atoms with Gasteiger partial charge < -0.3 is 26.2 Å². The van der Waals surface area contributed by atoms with Gasteiger partial charge in [0, 0.05) is 32.7 Å². The first-order valence-electron chi connectivity index (χ1n) is 19.9. The Balaban J connectivity index is 1.60. The summed E-state index contributed by atoms with van der Waals surface area (Å²) in [5.41, 5.74) is 1.66. The Morgan fingerprint density at radius 3 is 2.11 bits per heavy atom. The van der Waals surface area contributed by atoms with Crippen molar-refractivity contribution < 1.29 is 32.4 Å². The lowest BCUT2D eigenvalue weighted by molar-refractivity contribution is -0.144. The number of urea groups is 1. The molecule has 2 fully saturated rings. The third-order valence-electron chi connectivity index (χ3n) is 11.5. The van der Waals surface area contributed by atoms with Crippen molar-refractivity contribution in [2.75, 3.05) is 32.4 Å². The zero-order chi connectivity index (χ0) is 40.0. The van der Waals surface area contributed by atoms with Crippen LogP contribution in [0.15, 0.2) is 24.3 Å². The van der Waals surface area contributed by atoms with Crippen LogP contribution >= 0.6 is 0 Å². The predicted octanol–water partition coefficient (Wildman–Crippen LogP) is 3.41. The zero-order valence-corrected chi connectivity index (χ0v) is 34.4. The number of hydrogen-bond donors (Lipinski definition) is 4. The van der Waals surface area contributed by atoms with Gasteiger partial charge in [0.05, 0.1) is 11.8 Å². The molecule has 1 saturated heterocycles. The number of Topliss-reactive ketones (excluding diaryl/α,β-unsaturated/α-hetero) is 1. The van der Waals surface area contributed by atoms with Gasteiger partial charge in [-0.05, 0) is 85.7 Å². The molecule has 0 bridgehead atoms. The molecule has 14 heteroatoms. The smallest absolute Gasteiger partial charge is 0.315 e. The highest BCUT2D eigenvalue weighted by atomic mass is 32.2. The molecule has 302 valence electrons. The molecular weight excluding hydrogens is 709 g/mol. The van der Waals surface area contributed by atoms with Crippen LogP contribution in [0.25, 0.3) is 0 Å². The normalized spacial score (nSPS) is 20.7. The Morgan fingerprint density at radius 2 is 1.57 bits per heavy atom. The van der Waals surface area contributed by atoms with Crippen molar-refractivity contribution in [1.29, 1.82) is 0 Å². The van der Waals surface area contributed by atoms with Crippen molar-refractivity contribution in [2.45, 2.75) is 124 Å². The predicted molar refractivity (Wildman–Crippen MR) is 209 cm³/mol. The van der Waals surface area contributed by atoms with E-state index in [0.717, 1.165) is 30.4 Å². The summed E-state index contributed by atoms with van der Waals surface area (Å²) in [5, 5.41) is 11.6. The van der Waals surface area contributed by atoms with Gasteiger partial charge in [-0.2, -0.15) is 0 Å². The summed E-state index contributed by atoms with van der Waals surface area (Å²) in [6.45, 7) is 14.1. The number of nitrogens with one attached hydrogen (secondary N) is 4. The highest BCUT2D eigenvalue weighted by Crippen LogP contribution is 2.35. The molecular formula is C40H64N6O7S. The number of carbonyl (C=O) groups is 5. The molecule has 1 unspecified atom stereocenters. The molecule has 0 radical (unpaired) electrons. The third kappa shape index (κ3) is 11.0. The molecule has 13 nitrogen and oxygen atoms in total. The Morgan fingerprint density at radius 1 is 0.944 bits per heavy atom. The second-order valence-electron chi connectivity index (χ2n) is 17.0. The maximum atomic E-state index is 14.9. The molecule has 5 atom stereocenters. The second kappa shape index (κ2) is 18.4. The number of hydrogen-bond acceptors (Lipinski definition) is 7. The van der Waals surface area contributed by atoms with Crippen LogP contribution in [0, 0.1) is 29.1 Å². The largest absolute Gasteiger partial charge is 0.349 e. The minimum absolute atomic E-state index is 0.0274. The van der Waals surface area contributed by atoms with Crippen molar-refractivity contribution in [1.82, 2.24) is 30.5 Å². The van der Waals surface area contributed by atoms with E-state index in [0.29, 0.717) is 51.1 Å². The lowest BCUT2D eigenvalue weighted by Crippen LogP contribution is -2.61. The first kappa shape index (κ1) is 43.2. The maximum Gasteiger partial charge on any atom is 0.315 e. The number of fused-ring (bicyclic) bond motifs is 1. The van der Waals surface area contributed by atoms with Crippen LogP contribution in [0.1, 0.15) is 98.1 Å². The number of unbranched alkanes of at least 4 members (excludes halogenated alkanes) is 1. The molecule has 1 aromatic rings. The van der Waals surface area contributed by atoms with Crippen molar-refractivity contribution in [2.24, 2.45) is 29.1 Å². The molecule has 54 heavy (non-hydrogen) atoms. The SMILES string of the molecule is CCCCC(NC(=O)[C@@H]1[C@@H](C(C)C)CCN1C(=O)[C@@H](NC(=O)N[C@H](CN(C)S(=O)(=O)CC)C(C)(C)C)C1Cc2ccccc2C1)C(=O)C(=O)NCC1CC1. The molecule has 0 spiro atoms. The van der Waals surface area contributed by atoms with Crippen molar-refractivity contribution in [3.8, 4) is 0 Å². The zero-order valence-electron chi connectivity index (χ0n) is 33.6. The molecule has 4 rings (SSSR count). The molecule has 3 aliphatic rings. The summed E-state index contributed by atoms with van der Waals surface area (Å²) < 4.78 is 26.5. The average molecular weight is 773 g/mol. The van der Waals surface area contributed by atoms with Crippen molar-refractivity contribution >= 4 is 39.6 Å². The van der Waals surface area contributed by atoms with E-state index in [1.54, 1.807) is 11.8 Å². The van der Waals surface area contributed by atoms with Crippen LogP contribution in [0.4, 0.5) is 4.79 Å². The summed E-state index contributed by atoms with van der Waals surface area (Å²) in [6.07, 6.45) is 5.41. The summed E-state index contributed by atoms with van der Waals surface area (Å²) in [7, 11) is -2.03. The number of carbonyl (C=O) groups excluding carboxylic acids is 5. The monoisotopic (exact) mass is 772 g/mol. The number of ketones is 1. The quantitative estimate of drug-likeness (QED) is 0.166. The van der Waals surface area contributed by atoms with Crippen LogP contribution < -0.4 is 21.3 Å². The standard InChI is InChI=1S/C40H64N6O7S/c1-9-11-16-31(35(47)37(49)41-23-26-17-18-26)42-36(48)34-30(25(3)4)19-20-46(34)38(50)33(29-21-27-14-12-13-15-28(27)22-29)44-39(51)43-32(40(5,6)7)24-45(8)54(52,53)10-2/h12-15,25-26,29-34H,9-11,16-24H2,1-8H3,(H,41,49)(H,42,48)(H2,43,44,51)/t30-,31?,32-,33+,34+/m1/s1. The summed E-state index contributed by atoms with van der Waals surface area (Å²) >= 11 is 0. The number of rotatable bonds is 18. The molecule has 0 aromatic heterocycles. The van der Waals surface area contributed by atoms with Crippen LogP contribution in [0.2, 0.25) is 0 Å². The Bertz CT molecular complexity index is 1600. The Hall–Kier alpha value is -3.52. The van der Waals surface area contributed by atoms with Crippen LogP contribution in [0.3, 0.4) is 0 Å². The summed E-state index contributed by atoms with van der Waals surface area (Å²) in [4.78, 5) is 70.9. The first-order valence-corrected chi connectivity index (χ1v) is 21.5. The lowest BCUT2D eigenvalue weighted by Gasteiger charge is -2.36. The number of sulfonamides is 1. The van der Waals surface area contributed by atoms with Gasteiger partial charge in [-0.15, -0.1) is 0 Å². The van der Waals surface area contributed by atoms with Crippen LogP contribution in [0.5, 0.6) is 0 Å². The topological polar surface area (TPSA) is 174 Å². The fourth-order valence-electron chi connectivity index (χ4n) is 7.69. The van der Waals surface area contributed by atoms with E-state index >= 15 is 0 Å². The molecule has 1 aliphatic heterocycles. The third-order valence-corrected chi connectivity index (χ3v) is 13.4. The summed E-state index contributed by atoms with van der Waals surface area (Å²) in [5.74, 6) is -2.41. The fraction of sp³-hybridized carbons (Fsp3) is 0.725. The molecule has 2 aliphatic carbocycles. The van der Waals surface area contributed by atoms with Crippen molar-refractivity contribution in [3.05, 3.63) is 35.4 Å². The molecule has 1 aromatic carbocycles. The minimum atomic E-state index is -3.52. The summed E-state index contributed by atoms with van der Waals surface area (Å²) in [6, 6.07) is 3.82. The maximum absolute atomic E-state index is 14.9. The van der Waals surface area contributed by atoms with Crippen molar-refractivity contribution in [3.63, 3.8) is 0 Å². The average Bonchev–Trinajstić information content (AvgIpc) is 3.67. The molecule has 5 amide bonds. The number of amides is 5. The van der Waals surface area contributed by atoms with Gasteiger partial charge in [0.1, 0.15) is 12.1 Å². The lowest BCUT2D eigenvalue weighted by atomic mass is 9.86. The van der Waals surface area contributed by atoms with Gasteiger partial charge >= 0.3 is 6.03 Å². The van der Waals surface area contributed by atoms with Gasteiger partial charge in [-0.25, -0.2) is 17.5 Å². The van der Waals surface area contributed by atoms with Gasteiger partial charge in [0.15, 0.2) is 0 Å². The number of likely N-dealkylation sites (N-methyl/N-ethyl adjacent to an activating group) is 1. The molecule has 1 heterocycles. The highest BCUT2D eigenvalue weighted by Gasteiger charge is 2.48. The second-order valence-corrected chi connectivity index (χ2v) is 19.4. The van der Waals surface area contributed by atoms with Crippen LogP contribution in [-0.2, 0) is 42.0 Å². The van der Waals surface area contributed by atoms with Crippen LogP contribution in [-0.4, -0.2) is 104 Å². The Kier molecular flexibility index (Phi) is 14.7. The van der Waals surface area contributed by atoms with E-state index in [1.165, 1.54) is 11.4 Å². The first-order chi connectivity index (χ1) is 25.4. The van der Waals surface area contributed by atoms with E-state index in [9.17, 15) is 32.4 Å². The fourth-order valence-corrected chi connectivity index (χ4v) is 8.51. The molecule has 1 saturated carbocycles. The Labute approximate surface area is 322 Å². The van der Waals surface area contributed by atoms with E-state index in [-0.39, 0.29) is 36.0 Å². The van der Waals surface area contributed by atoms with E-state index < -0.39 is 63.2 Å². The molecule has 4 N–H and O–H groups in total. The van der Waals surface area contributed by atoms with E-state index in [4.69, 9.17) is 0 Å². The van der Waals surface area contributed by atoms with Gasteiger partial charge in [-0.3, -0.25) is 19.2 Å². The van der Waals surface area contributed by atoms with Gasteiger partial charge in [0.25, 0.3) is 5.91 Å². The van der Waals surface area contributed by atoms with Gasteiger partial charge in [0.2, 0.25) is 27.6 Å².